The van der Waals surface area contributed by atoms with Crippen LogP contribution in [0.4, 0.5) is 5.69 Å². The highest BCUT2D eigenvalue weighted by molar-refractivity contribution is 7.99. The normalized spacial score (nSPS) is 15.9. The number of rotatable bonds is 2. The van der Waals surface area contributed by atoms with Crippen LogP contribution in [0.15, 0.2) is 52.4 Å². The number of nitrogens with zero attached hydrogens (tertiary/aromatic N) is 1. The van der Waals surface area contributed by atoms with Gasteiger partial charge in [0.25, 0.3) is 0 Å². The van der Waals surface area contributed by atoms with Gasteiger partial charge in [-0.3, -0.25) is 0 Å². The lowest BCUT2D eigenvalue weighted by Crippen LogP contribution is -2.31. The van der Waals surface area contributed by atoms with Gasteiger partial charge in [-0.2, -0.15) is 0 Å². The van der Waals surface area contributed by atoms with Crippen molar-refractivity contribution in [1.82, 2.24) is 4.98 Å². The van der Waals surface area contributed by atoms with Crippen molar-refractivity contribution in [3.8, 4) is 0 Å². The van der Waals surface area contributed by atoms with E-state index in [1.54, 1.807) is 11.8 Å². The number of hydrogen-bond donors (Lipinski definition) is 1. The number of pyridine rings is 1. The van der Waals surface area contributed by atoms with Gasteiger partial charge in [-0.15, -0.1) is 0 Å². The van der Waals surface area contributed by atoms with Crippen LogP contribution in [0.5, 0.6) is 0 Å². The fourth-order valence-corrected chi connectivity index (χ4v) is 3.41. The topological polar surface area (TPSA) is 24.9 Å². The highest BCUT2D eigenvalue weighted by Gasteiger charge is 2.23. The summed E-state index contributed by atoms with van der Waals surface area (Å²) in [5.41, 5.74) is 4.69. The van der Waals surface area contributed by atoms with Gasteiger partial charge in [-0.25, -0.2) is 4.98 Å². The van der Waals surface area contributed by atoms with Crippen LogP contribution in [-0.2, 0) is 0 Å². The highest BCUT2D eigenvalue weighted by Crippen LogP contribution is 2.35. The third kappa shape index (κ3) is 3.13. The third-order valence-corrected chi connectivity index (χ3v) is 4.47. The Balaban J connectivity index is 1.90. The van der Waals surface area contributed by atoms with Gasteiger partial charge in [-0.1, -0.05) is 35.5 Å². The largest absolute Gasteiger partial charge is 0.375 e. The van der Waals surface area contributed by atoms with E-state index in [1.807, 2.05) is 0 Å². The maximum absolute atomic E-state index is 4.81. The Morgan fingerprint density at radius 3 is 2.43 bits per heavy atom. The maximum Gasteiger partial charge on any atom is 0.102 e. The molecule has 3 rings (SSSR count). The van der Waals surface area contributed by atoms with E-state index in [0.29, 0.717) is 0 Å². The van der Waals surface area contributed by atoms with Crippen LogP contribution >= 0.6 is 11.8 Å². The van der Waals surface area contributed by atoms with Crippen molar-refractivity contribution in [2.75, 3.05) is 5.32 Å². The summed E-state index contributed by atoms with van der Waals surface area (Å²) in [6.45, 7) is 8.59. The van der Waals surface area contributed by atoms with E-state index in [9.17, 15) is 0 Å². The molecule has 0 fully saturated rings. The molecule has 2 nitrogen and oxygen atoms in total. The second-order valence-corrected chi connectivity index (χ2v) is 7.23. The summed E-state index contributed by atoms with van der Waals surface area (Å²) in [6.07, 6.45) is 2.24. The molecule has 0 aliphatic carbocycles. The average molecular weight is 296 g/mol. The summed E-state index contributed by atoms with van der Waals surface area (Å²) in [5, 5.41) is 4.55. The maximum atomic E-state index is 4.81. The number of benzene rings is 1. The summed E-state index contributed by atoms with van der Waals surface area (Å²) < 4.78 is 0. The minimum absolute atomic E-state index is 0.00954. The first-order valence-corrected chi connectivity index (χ1v) is 7.98. The fourth-order valence-electron chi connectivity index (χ4n) is 2.62. The number of fused-ring (bicyclic) bond motifs is 1. The van der Waals surface area contributed by atoms with Crippen molar-refractivity contribution < 1.29 is 0 Å². The Morgan fingerprint density at radius 2 is 1.71 bits per heavy atom. The SMILES string of the molecule is CC1=CC(C)(C)Nc2ccc(Sc3ccc(C)cc3)nc21. The van der Waals surface area contributed by atoms with Crippen molar-refractivity contribution in [3.05, 3.63) is 53.7 Å². The molecule has 1 aromatic heterocycles. The van der Waals surface area contributed by atoms with Crippen LogP contribution < -0.4 is 5.32 Å². The molecule has 0 amide bonds. The van der Waals surface area contributed by atoms with Crippen LogP contribution in [0.25, 0.3) is 5.57 Å². The molecular formula is C18H20N2S. The smallest absolute Gasteiger partial charge is 0.102 e. The van der Waals surface area contributed by atoms with Gasteiger partial charge in [0.2, 0.25) is 0 Å². The van der Waals surface area contributed by atoms with E-state index >= 15 is 0 Å². The molecule has 3 heteroatoms. The Hall–Kier alpha value is -1.74. The molecule has 0 atom stereocenters. The van der Waals surface area contributed by atoms with Gasteiger partial charge in [0.05, 0.1) is 16.9 Å². The molecule has 2 aromatic rings. The summed E-state index contributed by atoms with van der Waals surface area (Å²) in [5.74, 6) is 0. The second-order valence-electron chi connectivity index (χ2n) is 6.13. The van der Waals surface area contributed by atoms with Crippen LogP contribution in [-0.4, -0.2) is 10.5 Å². The quantitative estimate of drug-likeness (QED) is 0.829. The molecule has 21 heavy (non-hydrogen) atoms. The third-order valence-electron chi connectivity index (χ3n) is 3.52. The zero-order valence-corrected chi connectivity index (χ0v) is 13.7. The molecule has 1 N–H and O–H groups in total. The molecule has 0 bridgehead atoms. The van der Waals surface area contributed by atoms with Crippen molar-refractivity contribution >= 4 is 23.0 Å². The lowest BCUT2D eigenvalue weighted by atomic mass is 9.94. The molecule has 0 radical (unpaired) electrons. The molecule has 1 aromatic carbocycles. The standard InChI is InChI=1S/C18H20N2S/c1-12-5-7-14(8-6-12)21-16-10-9-15-17(19-16)13(2)11-18(3,4)20-15/h5-11,20H,1-4H3. The number of anilines is 1. The van der Waals surface area contributed by atoms with Crippen LogP contribution in [0.2, 0.25) is 0 Å². The predicted octanol–water partition coefficient (Wildman–Crippen LogP) is 5.15. The van der Waals surface area contributed by atoms with Gasteiger partial charge in [0, 0.05) is 4.90 Å². The van der Waals surface area contributed by atoms with Crippen LogP contribution in [0.1, 0.15) is 32.0 Å². The van der Waals surface area contributed by atoms with E-state index in [0.717, 1.165) is 16.4 Å². The number of aryl methyl sites for hydroxylation is 1. The van der Waals surface area contributed by atoms with Gasteiger partial charge in [0.1, 0.15) is 5.03 Å². The van der Waals surface area contributed by atoms with Gasteiger partial charge in [0.15, 0.2) is 0 Å². The number of hydrogen-bond acceptors (Lipinski definition) is 3. The van der Waals surface area contributed by atoms with Gasteiger partial charge >= 0.3 is 0 Å². The van der Waals surface area contributed by atoms with Crippen molar-refractivity contribution in [2.45, 2.75) is 43.2 Å². The molecule has 2 heterocycles. The highest BCUT2D eigenvalue weighted by atomic mass is 32.2. The van der Waals surface area contributed by atoms with Crippen LogP contribution in [0.3, 0.4) is 0 Å². The van der Waals surface area contributed by atoms with E-state index < -0.39 is 0 Å². The molecule has 1 aliphatic heterocycles. The minimum atomic E-state index is -0.00954. The molecular weight excluding hydrogens is 276 g/mol. The molecule has 0 unspecified atom stereocenters. The Labute approximate surface area is 130 Å². The molecule has 0 saturated heterocycles. The summed E-state index contributed by atoms with van der Waals surface area (Å²) in [4.78, 5) is 6.03. The average Bonchev–Trinajstić information content (AvgIpc) is 2.41. The predicted molar refractivity (Wildman–Crippen MR) is 90.9 cm³/mol. The molecule has 0 saturated carbocycles. The fraction of sp³-hybridized carbons (Fsp3) is 0.278. The first-order valence-electron chi connectivity index (χ1n) is 7.16. The molecule has 1 aliphatic rings. The summed E-state index contributed by atoms with van der Waals surface area (Å²) in [7, 11) is 0. The lowest BCUT2D eigenvalue weighted by Gasteiger charge is -2.30. The number of allylic oxidation sites excluding steroid dienone is 1. The monoisotopic (exact) mass is 296 g/mol. The van der Waals surface area contributed by atoms with Crippen LogP contribution in [0, 0.1) is 6.92 Å². The number of aromatic nitrogens is 1. The zero-order valence-electron chi connectivity index (χ0n) is 12.9. The summed E-state index contributed by atoms with van der Waals surface area (Å²) in [6, 6.07) is 12.8. The van der Waals surface area contributed by atoms with E-state index in [4.69, 9.17) is 4.98 Å². The zero-order chi connectivity index (χ0) is 15.0. The minimum Gasteiger partial charge on any atom is -0.375 e. The molecule has 0 spiro atoms. The summed E-state index contributed by atoms with van der Waals surface area (Å²) >= 11 is 1.70. The molecule has 108 valence electrons. The van der Waals surface area contributed by atoms with E-state index in [1.165, 1.54) is 16.0 Å². The van der Waals surface area contributed by atoms with Crippen molar-refractivity contribution in [3.63, 3.8) is 0 Å². The Morgan fingerprint density at radius 1 is 1.00 bits per heavy atom. The Kier molecular flexibility index (Phi) is 3.54. The number of nitrogens with one attached hydrogen (secondary N) is 1. The van der Waals surface area contributed by atoms with Gasteiger partial charge < -0.3 is 5.32 Å². The first-order chi connectivity index (χ1) is 9.93. The van der Waals surface area contributed by atoms with Crippen molar-refractivity contribution in [1.29, 1.82) is 0 Å². The van der Waals surface area contributed by atoms with Crippen molar-refractivity contribution in [2.24, 2.45) is 0 Å². The van der Waals surface area contributed by atoms with E-state index in [2.05, 4.69) is 75.5 Å². The first kappa shape index (κ1) is 14.2. The van der Waals surface area contributed by atoms with E-state index in [-0.39, 0.29) is 5.54 Å². The Bertz CT molecular complexity index is 700. The van der Waals surface area contributed by atoms with Gasteiger partial charge in [-0.05, 0) is 57.5 Å². The second kappa shape index (κ2) is 5.23. The lowest BCUT2D eigenvalue weighted by molar-refractivity contribution is 0.704.